The summed E-state index contributed by atoms with van der Waals surface area (Å²) in [4.78, 5) is 18.4. The summed E-state index contributed by atoms with van der Waals surface area (Å²) in [5.74, 6) is 0.825. The number of amides is 1. The maximum Gasteiger partial charge on any atom is 0.252 e. The zero-order chi connectivity index (χ0) is 20.4. The molecule has 2 heterocycles. The molecule has 0 spiro atoms. The smallest absolute Gasteiger partial charge is 0.252 e. The minimum Gasteiger partial charge on any atom is -0.497 e. The third-order valence-corrected chi connectivity index (χ3v) is 6.23. The van der Waals surface area contributed by atoms with Crippen LogP contribution < -0.4 is 10.1 Å². The van der Waals surface area contributed by atoms with Crippen molar-refractivity contribution in [2.45, 2.75) is 19.8 Å². The summed E-state index contributed by atoms with van der Waals surface area (Å²) in [7, 11) is 1.66. The number of carbonyl (C=O) groups is 1. The number of carbonyl (C=O) groups excluding carboxylic acids is 1. The Morgan fingerprint density at radius 1 is 1.14 bits per heavy atom. The van der Waals surface area contributed by atoms with Gasteiger partial charge >= 0.3 is 0 Å². The van der Waals surface area contributed by atoms with Crippen molar-refractivity contribution in [1.82, 2.24) is 10.3 Å². The van der Waals surface area contributed by atoms with Gasteiger partial charge in [-0.15, -0.1) is 11.3 Å². The molecule has 1 atom stereocenters. The average Bonchev–Trinajstić information content (AvgIpc) is 3.31. The molecular formula is C24H24N2O2S. The molecule has 0 fully saturated rings. The van der Waals surface area contributed by atoms with Crippen molar-refractivity contribution in [3.8, 4) is 5.75 Å². The van der Waals surface area contributed by atoms with Crippen molar-refractivity contribution in [3.05, 3.63) is 87.2 Å². The first-order valence-electron chi connectivity index (χ1n) is 9.62. The minimum atomic E-state index is -0.0230. The molecule has 148 valence electrons. The van der Waals surface area contributed by atoms with Crippen molar-refractivity contribution in [2.24, 2.45) is 0 Å². The second-order valence-corrected chi connectivity index (χ2v) is 8.61. The number of nitrogens with one attached hydrogen (secondary N) is 2. The molecule has 5 heteroatoms. The number of para-hydroxylation sites is 1. The summed E-state index contributed by atoms with van der Waals surface area (Å²) in [6, 6.07) is 18.3. The number of hydrogen-bond acceptors (Lipinski definition) is 3. The van der Waals surface area contributed by atoms with E-state index in [9.17, 15) is 4.79 Å². The third kappa shape index (κ3) is 3.91. The second-order valence-electron chi connectivity index (χ2n) is 7.15. The van der Waals surface area contributed by atoms with Crippen LogP contribution in [0.4, 0.5) is 0 Å². The second kappa shape index (κ2) is 8.13. The lowest BCUT2D eigenvalue weighted by Gasteiger charge is -2.18. The summed E-state index contributed by atoms with van der Waals surface area (Å²) >= 11 is 1.65. The molecule has 0 bridgehead atoms. The molecule has 0 radical (unpaired) electrons. The molecule has 29 heavy (non-hydrogen) atoms. The van der Waals surface area contributed by atoms with Gasteiger partial charge in [-0.05, 0) is 49.2 Å². The minimum absolute atomic E-state index is 0.0230. The molecule has 0 aliphatic carbocycles. The normalized spacial score (nSPS) is 12.1. The fourth-order valence-corrected chi connectivity index (χ4v) is 4.69. The van der Waals surface area contributed by atoms with Gasteiger partial charge in [-0.25, -0.2) is 0 Å². The van der Waals surface area contributed by atoms with Gasteiger partial charge < -0.3 is 15.0 Å². The zero-order valence-corrected chi connectivity index (χ0v) is 17.6. The third-order valence-electron chi connectivity index (χ3n) is 5.27. The predicted molar refractivity (Wildman–Crippen MR) is 119 cm³/mol. The largest absolute Gasteiger partial charge is 0.497 e. The number of rotatable bonds is 6. The van der Waals surface area contributed by atoms with E-state index in [0.717, 1.165) is 32.1 Å². The lowest BCUT2D eigenvalue weighted by atomic mass is 9.90. The average molecular weight is 405 g/mol. The van der Waals surface area contributed by atoms with Crippen LogP contribution in [0.3, 0.4) is 0 Å². The maximum atomic E-state index is 12.8. The van der Waals surface area contributed by atoms with E-state index in [-0.39, 0.29) is 11.8 Å². The molecule has 2 aromatic heterocycles. The Labute approximate surface area is 174 Å². The molecule has 0 saturated carbocycles. The standard InChI is InChI=1S/C24H24N2O2S/c1-15-12-20(16(2)29-15)24(27)26-13-21(17-8-10-18(28-3)11-9-17)22-14-25-23-7-5-4-6-19(22)23/h4-12,14,21,25H,13H2,1-3H3,(H,26,27). The van der Waals surface area contributed by atoms with Crippen molar-refractivity contribution >= 4 is 28.1 Å². The molecular weight excluding hydrogens is 380 g/mol. The van der Waals surface area contributed by atoms with E-state index in [0.29, 0.717) is 6.54 Å². The molecule has 0 aliphatic rings. The van der Waals surface area contributed by atoms with Gasteiger partial charge in [0.1, 0.15) is 5.75 Å². The monoisotopic (exact) mass is 404 g/mol. The SMILES string of the molecule is COc1ccc(C(CNC(=O)c2cc(C)sc2C)c2c[nH]c3ccccc23)cc1. The Morgan fingerprint density at radius 2 is 1.90 bits per heavy atom. The van der Waals surface area contributed by atoms with Crippen molar-refractivity contribution in [1.29, 1.82) is 0 Å². The number of aromatic amines is 1. The number of methoxy groups -OCH3 is 1. The number of ether oxygens (including phenoxy) is 1. The first kappa shape index (κ1) is 19.3. The summed E-state index contributed by atoms with van der Waals surface area (Å²) in [5, 5.41) is 4.33. The van der Waals surface area contributed by atoms with Gasteiger partial charge in [0.05, 0.1) is 12.7 Å². The summed E-state index contributed by atoms with van der Waals surface area (Å²) in [6.45, 7) is 4.54. The van der Waals surface area contributed by atoms with Gasteiger partial charge in [-0.1, -0.05) is 30.3 Å². The van der Waals surface area contributed by atoms with Gasteiger partial charge in [0.25, 0.3) is 5.91 Å². The molecule has 4 aromatic rings. The van der Waals surface area contributed by atoms with E-state index >= 15 is 0 Å². The lowest BCUT2D eigenvalue weighted by molar-refractivity contribution is 0.0952. The van der Waals surface area contributed by atoms with Crippen LogP contribution in [0.25, 0.3) is 10.9 Å². The summed E-state index contributed by atoms with van der Waals surface area (Å²) < 4.78 is 5.31. The number of benzene rings is 2. The van der Waals surface area contributed by atoms with Crippen LogP contribution >= 0.6 is 11.3 Å². The number of hydrogen-bond donors (Lipinski definition) is 2. The highest BCUT2D eigenvalue weighted by atomic mass is 32.1. The Bertz CT molecular complexity index is 1140. The Morgan fingerprint density at radius 3 is 2.59 bits per heavy atom. The van der Waals surface area contributed by atoms with E-state index in [1.165, 1.54) is 10.9 Å². The fourth-order valence-electron chi connectivity index (χ4n) is 3.77. The Hall–Kier alpha value is -3.05. The van der Waals surface area contributed by atoms with Crippen LogP contribution in [0, 0.1) is 13.8 Å². The summed E-state index contributed by atoms with van der Waals surface area (Å²) in [6.07, 6.45) is 2.05. The van der Waals surface area contributed by atoms with Crippen LogP contribution in [0.1, 0.15) is 37.2 Å². The van der Waals surface area contributed by atoms with Gasteiger partial charge in [0, 0.05) is 39.3 Å². The number of aromatic nitrogens is 1. The van der Waals surface area contributed by atoms with Crippen LogP contribution in [0.2, 0.25) is 0 Å². The van der Waals surface area contributed by atoms with E-state index in [1.54, 1.807) is 18.4 Å². The molecule has 4 rings (SSSR count). The number of aryl methyl sites for hydroxylation is 2. The van der Waals surface area contributed by atoms with Crippen molar-refractivity contribution in [3.63, 3.8) is 0 Å². The molecule has 0 saturated heterocycles. The molecule has 4 nitrogen and oxygen atoms in total. The van der Waals surface area contributed by atoms with Crippen molar-refractivity contribution in [2.75, 3.05) is 13.7 Å². The quantitative estimate of drug-likeness (QED) is 0.451. The highest BCUT2D eigenvalue weighted by Gasteiger charge is 2.20. The first-order chi connectivity index (χ1) is 14.1. The Balaban J connectivity index is 1.66. The van der Waals surface area contributed by atoms with E-state index in [1.807, 2.05) is 50.4 Å². The predicted octanol–water partition coefficient (Wildman–Crippen LogP) is 5.42. The molecule has 2 aromatic carbocycles. The van der Waals surface area contributed by atoms with Gasteiger partial charge in [-0.3, -0.25) is 4.79 Å². The van der Waals surface area contributed by atoms with E-state index in [2.05, 4.69) is 34.6 Å². The van der Waals surface area contributed by atoms with Gasteiger partial charge in [0.15, 0.2) is 0 Å². The van der Waals surface area contributed by atoms with E-state index in [4.69, 9.17) is 4.74 Å². The highest BCUT2D eigenvalue weighted by Crippen LogP contribution is 2.31. The molecule has 1 unspecified atom stereocenters. The van der Waals surface area contributed by atoms with Crippen LogP contribution in [-0.4, -0.2) is 24.5 Å². The van der Waals surface area contributed by atoms with E-state index < -0.39 is 0 Å². The fraction of sp³-hybridized carbons (Fsp3) is 0.208. The molecule has 0 aliphatic heterocycles. The Kier molecular flexibility index (Phi) is 5.41. The number of thiophene rings is 1. The highest BCUT2D eigenvalue weighted by molar-refractivity contribution is 7.12. The number of H-pyrrole nitrogens is 1. The first-order valence-corrected chi connectivity index (χ1v) is 10.4. The topological polar surface area (TPSA) is 54.1 Å². The summed E-state index contributed by atoms with van der Waals surface area (Å²) in [5.41, 5.74) is 4.16. The number of fused-ring (bicyclic) bond motifs is 1. The van der Waals surface area contributed by atoms with Gasteiger partial charge in [-0.2, -0.15) is 0 Å². The van der Waals surface area contributed by atoms with Crippen LogP contribution in [0.15, 0.2) is 60.8 Å². The lowest BCUT2D eigenvalue weighted by Crippen LogP contribution is -2.29. The molecule has 2 N–H and O–H groups in total. The molecule has 1 amide bonds. The zero-order valence-electron chi connectivity index (χ0n) is 16.8. The maximum absolute atomic E-state index is 12.8. The van der Waals surface area contributed by atoms with Gasteiger partial charge in [0.2, 0.25) is 0 Å². The van der Waals surface area contributed by atoms with Crippen molar-refractivity contribution < 1.29 is 9.53 Å². The van der Waals surface area contributed by atoms with Crippen LogP contribution in [-0.2, 0) is 0 Å². The van der Waals surface area contributed by atoms with Crippen LogP contribution in [0.5, 0.6) is 5.75 Å².